The first-order chi connectivity index (χ1) is 10.5. The summed E-state index contributed by atoms with van der Waals surface area (Å²) in [5.74, 6) is 0. The first-order valence-electron chi connectivity index (χ1n) is 5.63. The van der Waals surface area contributed by atoms with E-state index in [1.807, 2.05) is 12.1 Å². The van der Waals surface area contributed by atoms with Crippen LogP contribution in [-0.2, 0) is 19.5 Å². The fourth-order valence-corrected chi connectivity index (χ4v) is 4.12. The van der Waals surface area contributed by atoms with E-state index in [0.717, 1.165) is 26.7 Å². The van der Waals surface area contributed by atoms with E-state index in [1.54, 1.807) is 24.3 Å². The van der Waals surface area contributed by atoms with E-state index in [2.05, 4.69) is 9.37 Å². The third-order valence-electron chi connectivity index (χ3n) is 2.33. The summed E-state index contributed by atoms with van der Waals surface area (Å²) in [7, 11) is -1.52. The first-order valence-corrected chi connectivity index (χ1v) is 9.93. The molecule has 0 N–H and O–H groups in total. The van der Waals surface area contributed by atoms with Gasteiger partial charge >= 0.3 is 59.1 Å². The minimum Gasteiger partial charge on any atom is -0.744 e. The molecular formula is C12H8Na2O6S4. The summed E-state index contributed by atoms with van der Waals surface area (Å²) in [6.45, 7) is 0. The van der Waals surface area contributed by atoms with Gasteiger partial charge in [-0.1, -0.05) is 21.6 Å². The maximum absolute atomic E-state index is 10.8. The Kier molecular flexibility index (Phi) is 13.3. The molecule has 118 valence electrons. The summed E-state index contributed by atoms with van der Waals surface area (Å²) in [6.07, 6.45) is 0. The van der Waals surface area contributed by atoms with Crippen molar-refractivity contribution in [2.24, 2.45) is 0 Å². The van der Waals surface area contributed by atoms with E-state index in [-0.39, 0.29) is 64.0 Å². The van der Waals surface area contributed by atoms with Gasteiger partial charge in [-0.25, -0.2) is 8.42 Å². The van der Waals surface area contributed by atoms with Crippen molar-refractivity contribution in [2.75, 3.05) is 0 Å². The van der Waals surface area contributed by atoms with Crippen molar-refractivity contribution in [1.82, 2.24) is 0 Å². The van der Waals surface area contributed by atoms with Gasteiger partial charge in [-0.05, 0) is 48.5 Å². The van der Waals surface area contributed by atoms with Crippen LogP contribution in [-0.4, -0.2) is 13.0 Å². The molecule has 12 heteroatoms. The Balaban J connectivity index is 0.00000264. The van der Waals surface area contributed by atoms with Crippen LogP contribution in [0.15, 0.2) is 68.1 Å². The molecule has 6 nitrogen and oxygen atoms in total. The molecule has 0 heterocycles. The van der Waals surface area contributed by atoms with Crippen molar-refractivity contribution in [2.45, 2.75) is 19.6 Å². The van der Waals surface area contributed by atoms with Gasteiger partial charge in [0.1, 0.15) is 10.1 Å². The molecule has 24 heavy (non-hydrogen) atoms. The van der Waals surface area contributed by atoms with Crippen molar-refractivity contribution in [3.8, 4) is 0 Å². The molecule has 0 saturated heterocycles. The van der Waals surface area contributed by atoms with E-state index in [4.69, 9.17) is 0 Å². The molecule has 0 radical (unpaired) electrons. The Morgan fingerprint density at radius 2 is 1.21 bits per heavy atom. The molecule has 2 aromatic carbocycles. The van der Waals surface area contributed by atoms with E-state index in [0.29, 0.717) is 0 Å². The smallest absolute Gasteiger partial charge is 0.744 e. The third kappa shape index (κ3) is 8.78. The van der Waals surface area contributed by atoms with Crippen molar-refractivity contribution < 1.29 is 86.7 Å². The van der Waals surface area contributed by atoms with Crippen molar-refractivity contribution >= 4 is 43.7 Å². The van der Waals surface area contributed by atoms with E-state index < -0.39 is 10.1 Å². The van der Waals surface area contributed by atoms with Crippen LogP contribution in [0.1, 0.15) is 0 Å². The quantitative estimate of drug-likeness (QED) is 0.113. The molecule has 0 saturated carbocycles. The molecule has 0 bridgehead atoms. The Bertz CT molecular complexity index is 709. The Labute approximate surface area is 196 Å². The van der Waals surface area contributed by atoms with Gasteiger partial charge in [-0.2, -0.15) is 4.33 Å². The zero-order valence-electron chi connectivity index (χ0n) is 12.7. The van der Waals surface area contributed by atoms with Crippen LogP contribution in [0.2, 0.25) is 0 Å². The molecule has 0 aliphatic heterocycles. The summed E-state index contributed by atoms with van der Waals surface area (Å²) in [6, 6.07) is 12.9. The molecule has 0 aliphatic carbocycles. The Hall–Kier alpha value is 1.28. The van der Waals surface area contributed by atoms with Gasteiger partial charge in [0, 0.05) is 14.7 Å². The summed E-state index contributed by atoms with van der Waals surface area (Å²) in [5.41, 5.74) is 0. The monoisotopic (exact) mass is 422 g/mol. The average Bonchev–Trinajstić information content (AvgIpc) is 2.51. The Morgan fingerprint density at radius 1 is 0.792 bits per heavy atom. The topological polar surface area (TPSA) is 98.7 Å². The van der Waals surface area contributed by atoms with Gasteiger partial charge in [-0.15, -0.1) is 0 Å². The number of benzene rings is 2. The molecule has 0 aliphatic rings. The summed E-state index contributed by atoms with van der Waals surface area (Å²) >= 11 is 0.810. The second-order valence-corrected chi connectivity index (χ2v) is 8.21. The van der Waals surface area contributed by atoms with Gasteiger partial charge < -0.3 is 9.81 Å². The molecule has 0 unspecified atom stereocenters. The van der Waals surface area contributed by atoms with Crippen molar-refractivity contribution in [3.63, 3.8) is 0 Å². The zero-order valence-corrected chi connectivity index (χ0v) is 20.0. The van der Waals surface area contributed by atoms with Crippen molar-refractivity contribution in [3.05, 3.63) is 48.5 Å². The molecule has 2 aromatic rings. The van der Waals surface area contributed by atoms with Crippen molar-refractivity contribution in [1.29, 1.82) is 0 Å². The maximum Gasteiger partial charge on any atom is 1.00 e. The van der Waals surface area contributed by atoms with E-state index in [9.17, 15) is 18.2 Å². The van der Waals surface area contributed by atoms with Gasteiger partial charge in [0.25, 0.3) is 0 Å². The molecule has 0 fully saturated rings. The predicted molar refractivity (Wildman–Crippen MR) is 80.6 cm³/mol. The maximum atomic E-state index is 10.8. The summed E-state index contributed by atoms with van der Waals surface area (Å²) in [4.78, 5) is 2.25. The molecule has 2 rings (SSSR count). The first kappa shape index (κ1) is 25.3. The minimum absolute atomic E-state index is 0. The van der Waals surface area contributed by atoms with Crippen LogP contribution in [0.5, 0.6) is 0 Å². The van der Waals surface area contributed by atoms with E-state index in [1.165, 1.54) is 33.7 Å². The molecule has 0 spiro atoms. The van der Waals surface area contributed by atoms with Gasteiger partial charge in [0.15, 0.2) is 0 Å². The van der Waals surface area contributed by atoms with Crippen LogP contribution >= 0.6 is 33.6 Å². The summed E-state index contributed by atoms with van der Waals surface area (Å²) < 4.78 is 36.7. The fourth-order valence-electron chi connectivity index (χ4n) is 1.36. The van der Waals surface area contributed by atoms with E-state index >= 15 is 0 Å². The molecular weight excluding hydrogens is 414 g/mol. The fraction of sp³-hybridized carbons (Fsp3) is 0. The number of hydrogen-bond acceptors (Lipinski definition) is 9. The molecule has 0 aromatic heterocycles. The molecule has 0 atom stereocenters. The largest absolute Gasteiger partial charge is 1.00 e. The van der Waals surface area contributed by atoms with Gasteiger partial charge in [-0.3, -0.25) is 5.04 Å². The SMILES string of the molecule is O=S(=O)([O-])c1ccc(SSc2ccc(SOO[O-])cc2)cc1.[Na+].[Na+]. The second kappa shape index (κ2) is 12.6. The normalized spacial score (nSPS) is 10.6. The van der Waals surface area contributed by atoms with Crippen LogP contribution in [0.3, 0.4) is 0 Å². The van der Waals surface area contributed by atoms with Crippen LogP contribution in [0.25, 0.3) is 0 Å². The van der Waals surface area contributed by atoms with Crippen LogP contribution in [0, 0.1) is 0 Å². The second-order valence-electron chi connectivity index (χ2n) is 3.78. The predicted octanol–water partition coefficient (Wildman–Crippen LogP) is -3.37. The van der Waals surface area contributed by atoms with Gasteiger partial charge in [0.2, 0.25) is 0 Å². The number of rotatable bonds is 7. The van der Waals surface area contributed by atoms with Gasteiger partial charge in [0.05, 0.1) is 16.9 Å². The third-order valence-corrected chi connectivity index (χ3v) is 6.18. The Morgan fingerprint density at radius 3 is 1.62 bits per heavy atom. The minimum atomic E-state index is -4.41. The average molecular weight is 422 g/mol. The molecule has 0 amide bonds. The zero-order chi connectivity index (χ0) is 16.0. The van der Waals surface area contributed by atoms with Crippen LogP contribution in [0.4, 0.5) is 0 Å². The summed E-state index contributed by atoms with van der Waals surface area (Å²) in [5, 5.41) is 13.0. The van der Waals surface area contributed by atoms with Crippen LogP contribution < -0.4 is 64.4 Å². The number of hydrogen-bond donors (Lipinski definition) is 0. The standard InChI is InChI=1S/C12H10O6S4.2Na/c13-17-18-19-9-1-3-10(4-2-9)20-21-11-5-7-12(8-6-11)22(14,15)16;;/h1-8,13H,(H,14,15,16);;/q;2*+1/p-2.